The van der Waals surface area contributed by atoms with Crippen LogP contribution in [0.2, 0.25) is 0 Å². The van der Waals surface area contributed by atoms with Crippen molar-refractivity contribution in [2.75, 3.05) is 26.4 Å². The van der Waals surface area contributed by atoms with Gasteiger partial charge < -0.3 is 14.4 Å². The molecule has 6 heteroatoms. The zero-order chi connectivity index (χ0) is 14.7. The predicted octanol–water partition coefficient (Wildman–Crippen LogP) is 1.23. The van der Waals surface area contributed by atoms with E-state index in [2.05, 4.69) is 16.8 Å². The van der Waals surface area contributed by atoms with Crippen molar-refractivity contribution in [1.82, 2.24) is 15.1 Å². The number of hydrogen-bond acceptors (Lipinski definition) is 4. The highest BCUT2D eigenvalue weighted by Gasteiger charge is 2.43. The molecule has 1 aromatic rings. The number of aromatic amines is 1. The van der Waals surface area contributed by atoms with Crippen molar-refractivity contribution in [3.63, 3.8) is 0 Å². The van der Waals surface area contributed by atoms with Crippen molar-refractivity contribution < 1.29 is 14.3 Å². The summed E-state index contributed by atoms with van der Waals surface area (Å²) in [6.07, 6.45) is 5.37. The number of aromatic nitrogens is 2. The summed E-state index contributed by atoms with van der Waals surface area (Å²) in [4.78, 5) is 14.5. The molecule has 21 heavy (non-hydrogen) atoms. The number of rotatable bonds is 5. The molecule has 0 bridgehead atoms. The summed E-state index contributed by atoms with van der Waals surface area (Å²) in [6, 6.07) is 1.86. The molecule has 1 amide bonds. The van der Waals surface area contributed by atoms with Crippen LogP contribution in [0.1, 0.15) is 23.3 Å². The molecule has 3 atom stereocenters. The molecule has 0 radical (unpaired) electrons. The van der Waals surface area contributed by atoms with Gasteiger partial charge in [0.05, 0.1) is 25.4 Å². The first kappa shape index (κ1) is 14.3. The average Bonchev–Trinajstić information content (AvgIpc) is 3.15. The van der Waals surface area contributed by atoms with Gasteiger partial charge in [-0.1, -0.05) is 6.08 Å². The van der Waals surface area contributed by atoms with Crippen LogP contribution in [-0.4, -0.2) is 59.5 Å². The molecule has 0 spiro atoms. The molecule has 1 aliphatic heterocycles. The Hall–Kier alpha value is -1.66. The van der Waals surface area contributed by atoms with Crippen LogP contribution in [0, 0.1) is 5.92 Å². The lowest BCUT2D eigenvalue weighted by molar-refractivity contribution is -0.0451. The zero-order valence-corrected chi connectivity index (χ0v) is 12.0. The number of fused-ring (bicyclic) bond motifs is 1. The predicted molar refractivity (Wildman–Crippen MR) is 76.9 cm³/mol. The minimum absolute atomic E-state index is 0.0125. The van der Waals surface area contributed by atoms with Crippen LogP contribution in [0.4, 0.5) is 0 Å². The van der Waals surface area contributed by atoms with E-state index in [4.69, 9.17) is 9.47 Å². The summed E-state index contributed by atoms with van der Waals surface area (Å²) in [7, 11) is 0. The largest absolute Gasteiger partial charge is 0.377 e. The van der Waals surface area contributed by atoms with Crippen LogP contribution < -0.4 is 0 Å². The van der Waals surface area contributed by atoms with Crippen LogP contribution in [0.5, 0.6) is 0 Å². The second-order valence-electron chi connectivity index (χ2n) is 5.61. The number of nitrogens with zero attached hydrogens (tertiary/aromatic N) is 2. The molecular weight excluding hydrogens is 270 g/mol. The Bertz CT molecular complexity index is 488. The van der Waals surface area contributed by atoms with E-state index in [1.165, 1.54) is 0 Å². The second-order valence-corrected chi connectivity index (χ2v) is 5.61. The maximum absolute atomic E-state index is 12.5. The lowest BCUT2D eigenvalue weighted by Crippen LogP contribution is -2.51. The molecular formula is C15H21N3O3. The van der Waals surface area contributed by atoms with Gasteiger partial charge in [0.1, 0.15) is 5.69 Å². The number of carbonyl (C=O) groups is 1. The van der Waals surface area contributed by atoms with Crippen LogP contribution in [-0.2, 0) is 9.47 Å². The quantitative estimate of drug-likeness (QED) is 0.654. The van der Waals surface area contributed by atoms with Crippen molar-refractivity contribution in [2.45, 2.75) is 25.0 Å². The highest BCUT2D eigenvalue weighted by Crippen LogP contribution is 2.35. The standard InChI is InChI=1S/C15H21N3O3/c1-2-6-20-10-11-8-13-14(9-11)21-7-5-18(13)15(19)12-3-4-16-17-12/h2-4,11,13-14H,1,5-10H2,(H,16,17). The highest BCUT2D eigenvalue weighted by atomic mass is 16.5. The van der Waals surface area contributed by atoms with Crippen molar-refractivity contribution >= 4 is 5.91 Å². The van der Waals surface area contributed by atoms with E-state index >= 15 is 0 Å². The van der Waals surface area contributed by atoms with Crippen molar-refractivity contribution in [3.05, 3.63) is 30.6 Å². The van der Waals surface area contributed by atoms with Crippen LogP contribution in [0.3, 0.4) is 0 Å². The van der Waals surface area contributed by atoms with Gasteiger partial charge in [-0.25, -0.2) is 0 Å². The Morgan fingerprint density at radius 3 is 3.29 bits per heavy atom. The van der Waals surface area contributed by atoms with E-state index in [0.717, 1.165) is 12.8 Å². The van der Waals surface area contributed by atoms with Gasteiger partial charge in [-0.3, -0.25) is 9.89 Å². The normalized spacial score (nSPS) is 28.4. The molecule has 1 saturated carbocycles. The van der Waals surface area contributed by atoms with Crippen LogP contribution in [0.25, 0.3) is 0 Å². The fourth-order valence-corrected chi connectivity index (χ4v) is 3.29. The Morgan fingerprint density at radius 2 is 2.52 bits per heavy atom. The van der Waals surface area contributed by atoms with E-state index in [0.29, 0.717) is 38.0 Å². The number of hydrogen-bond donors (Lipinski definition) is 1. The fraction of sp³-hybridized carbons (Fsp3) is 0.600. The topological polar surface area (TPSA) is 67.5 Å². The van der Waals surface area contributed by atoms with Gasteiger partial charge in [0.2, 0.25) is 0 Å². The van der Waals surface area contributed by atoms with E-state index in [-0.39, 0.29) is 18.1 Å². The van der Waals surface area contributed by atoms with Gasteiger partial charge in [-0.2, -0.15) is 5.10 Å². The molecule has 0 aromatic carbocycles. The first-order chi connectivity index (χ1) is 10.3. The Kier molecular flexibility index (Phi) is 4.36. The molecule has 2 aliphatic rings. The smallest absolute Gasteiger partial charge is 0.272 e. The molecule has 6 nitrogen and oxygen atoms in total. The van der Waals surface area contributed by atoms with Gasteiger partial charge in [-0.15, -0.1) is 6.58 Å². The monoisotopic (exact) mass is 291 g/mol. The number of nitrogens with one attached hydrogen (secondary N) is 1. The summed E-state index contributed by atoms with van der Waals surface area (Å²) >= 11 is 0. The molecule has 2 heterocycles. The first-order valence-electron chi connectivity index (χ1n) is 7.40. The average molecular weight is 291 g/mol. The maximum Gasteiger partial charge on any atom is 0.272 e. The third-order valence-corrected chi connectivity index (χ3v) is 4.22. The molecule has 2 fully saturated rings. The van der Waals surface area contributed by atoms with Gasteiger partial charge in [0, 0.05) is 19.3 Å². The van der Waals surface area contributed by atoms with Crippen LogP contribution >= 0.6 is 0 Å². The Morgan fingerprint density at radius 1 is 1.62 bits per heavy atom. The first-order valence-corrected chi connectivity index (χ1v) is 7.40. The highest BCUT2D eigenvalue weighted by molar-refractivity contribution is 5.92. The lowest BCUT2D eigenvalue weighted by atomic mass is 10.1. The fourth-order valence-electron chi connectivity index (χ4n) is 3.29. The Labute approximate surface area is 124 Å². The van der Waals surface area contributed by atoms with Gasteiger partial charge >= 0.3 is 0 Å². The van der Waals surface area contributed by atoms with Gasteiger partial charge in [0.15, 0.2) is 0 Å². The van der Waals surface area contributed by atoms with Crippen molar-refractivity contribution in [1.29, 1.82) is 0 Å². The zero-order valence-electron chi connectivity index (χ0n) is 12.0. The number of carbonyl (C=O) groups excluding carboxylic acids is 1. The summed E-state index contributed by atoms with van der Waals surface area (Å²) in [5.74, 6) is 0.452. The molecule has 3 unspecified atom stereocenters. The molecule has 3 rings (SSSR count). The lowest BCUT2D eigenvalue weighted by Gasteiger charge is -2.37. The SMILES string of the molecule is C=CCOCC1CC2OCCN(C(=O)c3ccn[nH]3)C2C1. The van der Waals surface area contributed by atoms with E-state index < -0.39 is 0 Å². The maximum atomic E-state index is 12.5. The van der Waals surface area contributed by atoms with E-state index in [1.54, 1.807) is 18.3 Å². The van der Waals surface area contributed by atoms with E-state index in [1.807, 2.05) is 4.90 Å². The number of ether oxygens (including phenoxy) is 2. The minimum Gasteiger partial charge on any atom is -0.377 e. The number of morpholine rings is 1. The third-order valence-electron chi connectivity index (χ3n) is 4.22. The van der Waals surface area contributed by atoms with Crippen molar-refractivity contribution in [2.24, 2.45) is 5.92 Å². The molecule has 114 valence electrons. The summed E-state index contributed by atoms with van der Waals surface area (Å²) in [5, 5.41) is 6.60. The summed E-state index contributed by atoms with van der Waals surface area (Å²) in [6.45, 7) is 6.16. The van der Waals surface area contributed by atoms with Gasteiger partial charge in [0.25, 0.3) is 5.91 Å². The number of amides is 1. The molecule has 1 saturated heterocycles. The van der Waals surface area contributed by atoms with E-state index in [9.17, 15) is 4.79 Å². The molecule has 1 aromatic heterocycles. The minimum atomic E-state index is 0.0125. The molecule has 1 N–H and O–H groups in total. The van der Waals surface area contributed by atoms with Crippen molar-refractivity contribution in [3.8, 4) is 0 Å². The number of H-pyrrole nitrogens is 1. The Balaban J connectivity index is 1.64. The van der Waals surface area contributed by atoms with Crippen LogP contribution in [0.15, 0.2) is 24.9 Å². The molecule has 1 aliphatic carbocycles. The third kappa shape index (κ3) is 3.01. The van der Waals surface area contributed by atoms with Gasteiger partial charge in [-0.05, 0) is 24.8 Å². The summed E-state index contributed by atoms with van der Waals surface area (Å²) in [5.41, 5.74) is 0.544. The second kappa shape index (κ2) is 6.41. The summed E-state index contributed by atoms with van der Waals surface area (Å²) < 4.78 is 11.4.